The molecule has 0 aliphatic carbocycles. The van der Waals surface area contributed by atoms with Crippen LogP contribution in [0.5, 0.6) is 0 Å². The van der Waals surface area contributed by atoms with Crippen LogP contribution in [0, 0.1) is 5.92 Å². The smallest absolute Gasteiger partial charge is 0.0595 e. The number of hydrogen-bond acceptors (Lipinski definition) is 3. The van der Waals surface area contributed by atoms with Crippen LogP contribution in [0.1, 0.15) is 31.2 Å². The molecular weight excluding hydrogens is 305 g/mol. The lowest BCUT2D eigenvalue weighted by Crippen LogP contribution is -2.49. The van der Waals surface area contributed by atoms with Gasteiger partial charge in [-0.2, -0.15) is 0 Å². The molecule has 2 aliphatic rings. The molecule has 1 aromatic rings. The van der Waals surface area contributed by atoms with Gasteiger partial charge in [-0.05, 0) is 62.8 Å². The lowest BCUT2D eigenvalue weighted by molar-refractivity contribution is 0.112. The molecule has 0 amide bonds. The second kappa shape index (κ2) is 6.43. The van der Waals surface area contributed by atoms with Gasteiger partial charge in [-0.15, -0.1) is 0 Å². The number of nitrogens with zero attached hydrogens (tertiary/aromatic N) is 1. The molecule has 3 unspecified atom stereocenters. The number of hydrogen-bond donors (Lipinski definition) is 2. The van der Waals surface area contributed by atoms with Crippen molar-refractivity contribution in [3.8, 4) is 0 Å². The van der Waals surface area contributed by atoms with Crippen LogP contribution < -0.4 is 11.3 Å². The van der Waals surface area contributed by atoms with E-state index in [1.807, 2.05) is 18.2 Å². The Kier molecular flexibility index (Phi) is 4.77. The molecule has 21 heavy (non-hydrogen) atoms. The first-order valence-corrected chi connectivity index (χ1v) is 8.46. The van der Waals surface area contributed by atoms with Gasteiger partial charge in [-0.3, -0.25) is 11.3 Å². The van der Waals surface area contributed by atoms with E-state index in [1.54, 1.807) is 0 Å². The predicted octanol–water partition coefficient (Wildman–Crippen LogP) is 3.24. The minimum atomic E-state index is 0.305. The van der Waals surface area contributed by atoms with E-state index in [2.05, 4.69) is 17.4 Å². The quantitative estimate of drug-likeness (QED) is 0.659. The van der Waals surface area contributed by atoms with E-state index in [1.165, 1.54) is 31.2 Å². The summed E-state index contributed by atoms with van der Waals surface area (Å²) in [5, 5.41) is 1.23. The summed E-state index contributed by atoms with van der Waals surface area (Å²) < 4.78 is 0. The molecule has 3 atom stereocenters. The monoisotopic (exact) mass is 327 g/mol. The Morgan fingerprint density at radius 2 is 1.90 bits per heavy atom. The molecule has 0 spiro atoms. The molecule has 2 heterocycles. The highest BCUT2D eigenvalue weighted by Gasteiger charge is 2.40. The van der Waals surface area contributed by atoms with Crippen molar-refractivity contribution >= 4 is 23.2 Å². The van der Waals surface area contributed by atoms with E-state index >= 15 is 0 Å². The number of nitrogens with one attached hydrogen (secondary N) is 1. The van der Waals surface area contributed by atoms with Crippen molar-refractivity contribution in [2.45, 2.75) is 50.2 Å². The predicted molar refractivity (Wildman–Crippen MR) is 88.6 cm³/mol. The summed E-state index contributed by atoms with van der Waals surface area (Å²) in [4.78, 5) is 2.56. The normalized spacial score (nSPS) is 30.6. The zero-order valence-corrected chi connectivity index (χ0v) is 13.9. The maximum Gasteiger partial charge on any atom is 0.0595 e. The molecule has 0 aromatic heterocycles. The van der Waals surface area contributed by atoms with Crippen molar-refractivity contribution < 1.29 is 0 Å². The van der Waals surface area contributed by atoms with E-state index in [0.717, 1.165) is 18.5 Å². The second-order valence-electron chi connectivity index (χ2n) is 6.51. The van der Waals surface area contributed by atoms with E-state index in [4.69, 9.17) is 29.0 Å². The van der Waals surface area contributed by atoms with Gasteiger partial charge in [0.25, 0.3) is 0 Å². The average molecular weight is 328 g/mol. The molecule has 3 rings (SSSR count). The molecule has 0 radical (unpaired) electrons. The summed E-state index contributed by atoms with van der Waals surface area (Å²) in [7, 11) is 2.27. The molecule has 2 saturated heterocycles. The van der Waals surface area contributed by atoms with Crippen molar-refractivity contribution in [1.29, 1.82) is 0 Å². The van der Waals surface area contributed by atoms with Gasteiger partial charge in [0.05, 0.1) is 10.0 Å². The van der Waals surface area contributed by atoms with Crippen molar-refractivity contribution in [3.63, 3.8) is 0 Å². The van der Waals surface area contributed by atoms with Gasteiger partial charge in [-0.25, -0.2) is 0 Å². The summed E-state index contributed by atoms with van der Waals surface area (Å²) in [6.07, 6.45) is 6.05. The summed E-state index contributed by atoms with van der Waals surface area (Å²) in [5.41, 5.74) is 4.24. The van der Waals surface area contributed by atoms with Crippen LogP contribution in [0.25, 0.3) is 0 Å². The number of fused-ring (bicyclic) bond motifs is 2. The molecule has 3 nitrogen and oxygen atoms in total. The average Bonchev–Trinajstić information content (AvgIpc) is 2.70. The Hall–Kier alpha value is -0.320. The maximum atomic E-state index is 6.11. The fourth-order valence-corrected chi connectivity index (χ4v) is 4.39. The van der Waals surface area contributed by atoms with E-state index in [-0.39, 0.29) is 0 Å². The minimum Gasteiger partial charge on any atom is -0.300 e. The number of halogens is 2. The molecule has 5 heteroatoms. The van der Waals surface area contributed by atoms with Crippen LogP contribution >= 0.6 is 23.2 Å². The molecule has 3 N–H and O–H groups in total. The van der Waals surface area contributed by atoms with Crippen LogP contribution in [0.2, 0.25) is 10.0 Å². The minimum absolute atomic E-state index is 0.305. The fraction of sp³-hybridized carbons (Fsp3) is 0.625. The van der Waals surface area contributed by atoms with E-state index < -0.39 is 0 Å². The number of piperidine rings is 1. The van der Waals surface area contributed by atoms with Crippen molar-refractivity contribution in [2.24, 2.45) is 11.8 Å². The van der Waals surface area contributed by atoms with Gasteiger partial charge in [0.2, 0.25) is 0 Å². The second-order valence-corrected chi connectivity index (χ2v) is 7.32. The van der Waals surface area contributed by atoms with Gasteiger partial charge in [-0.1, -0.05) is 29.3 Å². The van der Waals surface area contributed by atoms with Crippen LogP contribution in [-0.2, 0) is 6.42 Å². The third kappa shape index (κ3) is 3.22. The van der Waals surface area contributed by atoms with Crippen LogP contribution in [0.15, 0.2) is 18.2 Å². The zero-order valence-electron chi connectivity index (χ0n) is 12.4. The Balaban J connectivity index is 1.69. The zero-order chi connectivity index (χ0) is 15.0. The van der Waals surface area contributed by atoms with E-state index in [0.29, 0.717) is 22.0 Å². The summed E-state index contributed by atoms with van der Waals surface area (Å²) in [5.74, 6) is 6.48. The SMILES string of the molecule is CN1C2CCC1CC(C(Cc1ccc(Cl)c(Cl)c1)NN)C2. The molecule has 2 fully saturated rings. The highest BCUT2D eigenvalue weighted by Crippen LogP contribution is 2.39. The summed E-state index contributed by atoms with van der Waals surface area (Å²) in [6, 6.07) is 7.64. The molecule has 116 valence electrons. The van der Waals surface area contributed by atoms with Crippen LogP contribution in [-0.4, -0.2) is 30.1 Å². The summed E-state index contributed by atoms with van der Waals surface area (Å²) >= 11 is 12.1. The molecule has 0 saturated carbocycles. The number of nitrogens with two attached hydrogens (primary N) is 1. The molecular formula is C16H23Cl2N3. The number of benzene rings is 1. The van der Waals surface area contributed by atoms with Crippen molar-refractivity contribution in [1.82, 2.24) is 10.3 Å². The first kappa shape index (κ1) is 15.6. The van der Waals surface area contributed by atoms with Gasteiger partial charge in [0.15, 0.2) is 0 Å². The highest BCUT2D eigenvalue weighted by atomic mass is 35.5. The standard InChI is InChI=1S/C16H23Cl2N3/c1-21-12-3-4-13(21)9-11(8-12)16(20-19)7-10-2-5-14(17)15(18)6-10/h2,5-6,11-13,16,20H,3-4,7-9,19H2,1H3. The van der Waals surface area contributed by atoms with E-state index in [9.17, 15) is 0 Å². The number of hydrazine groups is 1. The Morgan fingerprint density at radius 1 is 1.24 bits per heavy atom. The highest BCUT2D eigenvalue weighted by molar-refractivity contribution is 6.42. The topological polar surface area (TPSA) is 41.3 Å². The van der Waals surface area contributed by atoms with Crippen LogP contribution in [0.4, 0.5) is 0 Å². The Morgan fingerprint density at radius 3 is 2.48 bits per heavy atom. The third-order valence-electron chi connectivity index (χ3n) is 5.36. The van der Waals surface area contributed by atoms with Gasteiger partial charge >= 0.3 is 0 Å². The van der Waals surface area contributed by atoms with Crippen molar-refractivity contribution in [2.75, 3.05) is 7.05 Å². The maximum absolute atomic E-state index is 6.11. The lowest BCUT2D eigenvalue weighted by atomic mass is 9.83. The van der Waals surface area contributed by atoms with Gasteiger partial charge in [0.1, 0.15) is 0 Å². The Labute approximate surface area is 136 Å². The first-order valence-electron chi connectivity index (χ1n) is 7.70. The lowest BCUT2D eigenvalue weighted by Gasteiger charge is -2.39. The number of rotatable bonds is 4. The summed E-state index contributed by atoms with van der Waals surface area (Å²) in [6.45, 7) is 0. The first-order chi connectivity index (χ1) is 10.1. The van der Waals surface area contributed by atoms with Gasteiger partial charge in [0, 0.05) is 18.1 Å². The molecule has 1 aromatic carbocycles. The largest absolute Gasteiger partial charge is 0.300 e. The van der Waals surface area contributed by atoms with Gasteiger partial charge < -0.3 is 4.90 Å². The van der Waals surface area contributed by atoms with Crippen molar-refractivity contribution in [3.05, 3.63) is 33.8 Å². The van der Waals surface area contributed by atoms with Crippen LogP contribution in [0.3, 0.4) is 0 Å². The molecule has 2 bridgehead atoms. The molecule has 2 aliphatic heterocycles. The fourth-order valence-electron chi connectivity index (χ4n) is 4.06. The Bertz CT molecular complexity index is 494. The third-order valence-corrected chi connectivity index (χ3v) is 6.10.